The van der Waals surface area contributed by atoms with E-state index in [1.165, 1.54) is 16.6 Å². The molecule has 0 fully saturated rings. The number of anilines is 1. The predicted molar refractivity (Wildman–Crippen MR) is 141 cm³/mol. The van der Waals surface area contributed by atoms with Gasteiger partial charge in [-0.25, -0.2) is 23.2 Å². The van der Waals surface area contributed by atoms with Gasteiger partial charge < -0.3 is 19.9 Å². The van der Waals surface area contributed by atoms with Crippen molar-refractivity contribution in [3.63, 3.8) is 0 Å². The first-order chi connectivity index (χ1) is 18.3. The molecule has 0 radical (unpaired) electrons. The molecule has 12 heteroatoms. The number of carbonyl (C=O) groups is 1. The molecule has 2 N–H and O–H groups in total. The minimum absolute atomic E-state index is 0.0118. The van der Waals surface area contributed by atoms with Crippen molar-refractivity contribution in [2.24, 2.45) is 7.05 Å². The number of amides is 1. The van der Waals surface area contributed by atoms with Gasteiger partial charge in [-0.2, -0.15) is 9.57 Å². The number of carboxylic acid groups (broad SMARTS) is 1. The molecular formula is C26H31N7O4S. The first-order valence-electron chi connectivity index (χ1n) is 12.4. The Kier molecular flexibility index (Phi) is 8.60. The first-order valence-corrected chi connectivity index (χ1v) is 13.9. The van der Waals surface area contributed by atoms with Crippen LogP contribution < -0.4 is 10.2 Å². The number of nitrogens with zero attached hydrogens (tertiary/aromatic N) is 6. The van der Waals surface area contributed by atoms with Crippen molar-refractivity contribution >= 4 is 21.8 Å². The van der Waals surface area contributed by atoms with E-state index < -0.39 is 22.2 Å². The Labute approximate surface area is 222 Å². The normalized spacial score (nSPS) is 15.2. The van der Waals surface area contributed by atoms with Gasteiger partial charge in [0.15, 0.2) is 5.03 Å². The van der Waals surface area contributed by atoms with E-state index in [9.17, 15) is 18.5 Å². The molecular weight excluding hydrogens is 506 g/mol. The second-order valence-corrected chi connectivity index (χ2v) is 11.1. The molecule has 0 bridgehead atoms. The van der Waals surface area contributed by atoms with Crippen LogP contribution in [0.1, 0.15) is 36.1 Å². The van der Waals surface area contributed by atoms with Crippen molar-refractivity contribution in [1.29, 1.82) is 5.26 Å². The Morgan fingerprint density at radius 3 is 2.79 bits per heavy atom. The summed E-state index contributed by atoms with van der Waals surface area (Å²) in [6.45, 7) is 1.57. The van der Waals surface area contributed by atoms with Crippen LogP contribution in [0.15, 0.2) is 60.1 Å². The monoisotopic (exact) mass is 537 g/mol. The fraction of sp³-hybridized carbons (Fsp3) is 0.385. The smallest absolute Gasteiger partial charge is 0.404 e. The summed E-state index contributed by atoms with van der Waals surface area (Å²) < 4.78 is 31.1. The largest absolute Gasteiger partial charge is 0.465 e. The van der Waals surface area contributed by atoms with Crippen LogP contribution in [0.3, 0.4) is 0 Å². The summed E-state index contributed by atoms with van der Waals surface area (Å²) in [5, 5.41) is 20.6. The van der Waals surface area contributed by atoms with Gasteiger partial charge in [-0.05, 0) is 55.2 Å². The van der Waals surface area contributed by atoms with Crippen molar-refractivity contribution < 1.29 is 18.3 Å². The maximum atomic E-state index is 13.8. The zero-order valence-electron chi connectivity index (χ0n) is 21.2. The molecule has 1 atom stereocenters. The van der Waals surface area contributed by atoms with Gasteiger partial charge in [-0.15, -0.1) is 0 Å². The lowest BCUT2D eigenvalue weighted by atomic mass is 9.95. The molecule has 0 saturated carbocycles. The second kappa shape index (κ2) is 12.1. The SMILES string of the molecule is Cn1cncc1CN1CC(N(CCCCCNC(=O)O)S(=O)(=O)c2ccccn2)Cc2cc(C#N)ccc21. The molecule has 2 aromatic heterocycles. The third-order valence-electron chi connectivity index (χ3n) is 6.65. The number of aromatic nitrogens is 3. The van der Waals surface area contributed by atoms with Crippen molar-refractivity contribution in [1.82, 2.24) is 24.2 Å². The standard InChI is InChI=1S/C26H31N7O4S/c1-31-19-28-16-23(31)18-32-17-22(14-21-13-20(15-27)8-9-24(21)32)33(12-6-2-4-11-30-26(34)35)38(36,37)25-7-3-5-10-29-25/h3,5,7-10,13,16,19,22,30H,2,4,6,11-12,14,17-18H2,1H3,(H,34,35). The van der Waals surface area contributed by atoms with E-state index >= 15 is 0 Å². The maximum absolute atomic E-state index is 13.8. The van der Waals surface area contributed by atoms with E-state index in [4.69, 9.17) is 5.11 Å². The van der Waals surface area contributed by atoms with E-state index in [2.05, 4.69) is 26.3 Å². The van der Waals surface area contributed by atoms with Gasteiger partial charge in [-0.3, -0.25) is 0 Å². The summed E-state index contributed by atoms with van der Waals surface area (Å²) in [5.41, 5.74) is 3.38. The number of nitriles is 1. The van der Waals surface area contributed by atoms with E-state index in [1.54, 1.807) is 30.7 Å². The number of aryl methyl sites for hydroxylation is 1. The van der Waals surface area contributed by atoms with Crippen molar-refractivity contribution in [2.75, 3.05) is 24.5 Å². The quantitative estimate of drug-likeness (QED) is 0.355. The third kappa shape index (κ3) is 6.30. The highest BCUT2D eigenvalue weighted by molar-refractivity contribution is 7.89. The topological polar surface area (TPSA) is 144 Å². The van der Waals surface area contributed by atoms with Crippen LogP contribution in [0.5, 0.6) is 0 Å². The number of hydrogen-bond acceptors (Lipinski definition) is 7. The van der Waals surface area contributed by atoms with Gasteiger partial charge in [-0.1, -0.05) is 12.5 Å². The molecule has 0 saturated heterocycles. The molecule has 200 valence electrons. The van der Waals surface area contributed by atoms with Crippen LogP contribution in [-0.4, -0.2) is 64.1 Å². The fourth-order valence-corrected chi connectivity index (χ4v) is 6.34. The van der Waals surface area contributed by atoms with Crippen molar-refractivity contribution in [2.45, 2.75) is 43.3 Å². The number of fused-ring (bicyclic) bond motifs is 1. The van der Waals surface area contributed by atoms with Crippen molar-refractivity contribution in [3.05, 3.63) is 71.9 Å². The van der Waals surface area contributed by atoms with Crippen LogP contribution >= 0.6 is 0 Å². The van der Waals surface area contributed by atoms with Crippen LogP contribution in [0.25, 0.3) is 0 Å². The van der Waals surface area contributed by atoms with Gasteiger partial charge >= 0.3 is 6.09 Å². The minimum atomic E-state index is -3.92. The Morgan fingerprint density at radius 1 is 1.26 bits per heavy atom. The molecule has 1 aromatic carbocycles. The molecule has 11 nitrogen and oxygen atoms in total. The molecule has 0 aliphatic carbocycles. The predicted octanol–water partition coefficient (Wildman–Crippen LogP) is 2.75. The molecule has 1 amide bonds. The summed E-state index contributed by atoms with van der Waals surface area (Å²) in [6, 6.07) is 12.2. The highest BCUT2D eigenvalue weighted by Crippen LogP contribution is 2.33. The summed E-state index contributed by atoms with van der Waals surface area (Å²) in [7, 11) is -2.00. The lowest BCUT2D eigenvalue weighted by Gasteiger charge is -2.40. The maximum Gasteiger partial charge on any atom is 0.404 e. The van der Waals surface area contributed by atoms with Gasteiger partial charge in [0.25, 0.3) is 10.0 Å². The van der Waals surface area contributed by atoms with Gasteiger partial charge in [0, 0.05) is 50.8 Å². The van der Waals surface area contributed by atoms with E-state index in [0.29, 0.717) is 50.9 Å². The molecule has 3 aromatic rings. The zero-order valence-corrected chi connectivity index (χ0v) is 22.0. The van der Waals surface area contributed by atoms with Crippen LogP contribution in [-0.2, 0) is 30.0 Å². The van der Waals surface area contributed by atoms with Gasteiger partial charge in [0.2, 0.25) is 0 Å². The Balaban J connectivity index is 1.64. The minimum Gasteiger partial charge on any atom is -0.465 e. The molecule has 38 heavy (non-hydrogen) atoms. The molecule has 1 aliphatic rings. The number of nitrogens with one attached hydrogen (secondary N) is 1. The number of rotatable bonds is 11. The van der Waals surface area contributed by atoms with E-state index in [0.717, 1.165) is 16.9 Å². The third-order valence-corrected chi connectivity index (χ3v) is 8.52. The highest BCUT2D eigenvalue weighted by Gasteiger charge is 2.36. The summed E-state index contributed by atoms with van der Waals surface area (Å²) >= 11 is 0. The van der Waals surface area contributed by atoms with Crippen LogP contribution in [0.2, 0.25) is 0 Å². The van der Waals surface area contributed by atoms with E-state index in [-0.39, 0.29) is 11.6 Å². The first kappa shape index (κ1) is 27.1. The number of unbranched alkanes of at least 4 members (excludes halogenated alkanes) is 2. The lowest BCUT2D eigenvalue weighted by molar-refractivity contribution is 0.194. The molecule has 3 heterocycles. The number of sulfonamides is 1. The summed E-state index contributed by atoms with van der Waals surface area (Å²) in [5.74, 6) is 0. The zero-order chi connectivity index (χ0) is 27.1. The Hall–Kier alpha value is -3.95. The highest BCUT2D eigenvalue weighted by atomic mass is 32.2. The lowest BCUT2D eigenvalue weighted by Crippen LogP contribution is -2.51. The van der Waals surface area contributed by atoms with Crippen LogP contribution in [0.4, 0.5) is 10.5 Å². The number of benzene rings is 1. The number of pyridine rings is 1. The average molecular weight is 538 g/mol. The number of hydrogen-bond donors (Lipinski definition) is 2. The van der Waals surface area contributed by atoms with Crippen LogP contribution in [0, 0.1) is 11.3 Å². The summed E-state index contributed by atoms with van der Waals surface area (Å²) in [4.78, 5) is 21.2. The molecule has 4 rings (SSSR count). The Morgan fingerprint density at radius 2 is 2.11 bits per heavy atom. The van der Waals surface area contributed by atoms with E-state index in [1.807, 2.05) is 23.7 Å². The Bertz CT molecular complexity index is 1400. The molecule has 1 unspecified atom stereocenters. The fourth-order valence-electron chi connectivity index (χ4n) is 4.76. The van der Waals surface area contributed by atoms with Gasteiger partial charge in [0.1, 0.15) is 0 Å². The summed E-state index contributed by atoms with van der Waals surface area (Å²) in [6.07, 6.45) is 6.21. The number of imidazole rings is 1. The van der Waals surface area contributed by atoms with Gasteiger partial charge in [0.05, 0.1) is 30.2 Å². The second-order valence-electron chi connectivity index (χ2n) is 9.27. The average Bonchev–Trinajstić information content (AvgIpc) is 3.31. The molecule has 0 spiro atoms. The van der Waals surface area contributed by atoms with Crippen molar-refractivity contribution in [3.8, 4) is 6.07 Å². The molecule has 1 aliphatic heterocycles.